The van der Waals surface area contributed by atoms with Crippen molar-refractivity contribution in [1.82, 2.24) is 5.32 Å². The molecular weight excluding hydrogens is 832 g/mol. The highest BCUT2D eigenvalue weighted by Crippen LogP contribution is 2.43. The zero-order valence-corrected chi connectivity index (χ0v) is 43.9. The molecule has 378 valence electrons. The maximum Gasteiger partial charge on any atom is 0.472 e. The number of carbonyl (C=O) groups is 2. The normalized spacial score (nSPS) is 14.4. The summed E-state index contributed by atoms with van der Waals surface area (Å²) >= 11 is 0. The molecule has 0 aliphatic carbocycles. The maximum atomic E-state index is 13.4. The number of hydrogen-bond donors (Lipinski definition) is 2. The van der Waals surface area contributed by atoms with Gasteiger partial charge >= 0.3 is 13.8 Å². The molecule has 1 amide bonds. The van der Waals surface area contributed by atoms with Crippen molar-refractivity contribution in [3.63, 3.8) is 0 Å². The van der Waals surface area contributed by atoms with Crippen LogP contribution < -0.4 is 5.32 Å². The van der Waals surface area contributed by atoms with Crippen molar-refractivity contribution < 1.29 is 37.3 Å². The highest BCUT2D eigenvalue weighted by atomic mass is 31.2. The first-order valence-corrected chi connectivity index (χ1v) is 28.1. The molecular formula is C55H102N2O7P+. The minimum Gasteiger partial charge on any atom is -0.456 e. The molecule has 0 aromatic carbocycles. The van der Waals surface area contributed by atoms with E-state index in [-0.39, 0.29) is 31.5 Å². The van der Waals surface area contributed by atoms with Crippen LogP contribution in [0.15, 0.2) is 60.8 Å². The van der Waals surface area contributed by atoms with E-state index >= 15 is 0 Å². The van der Waals surface area contributed by atoms with Crippen molar-refractivity contribution in [2.45, 2.75) is 238 Å². The summed E-state index contributed by atoms with van der Waals surface area (Å²) in [5, 5.41) is 3.03. The molecule has 0 spiro atoms. The molecule has 0 rings (SSSR count). The van der Waals surface area contributed by atoms with Gasteiger partial charge in [-0.2, -0.15) is 0 Å². The molecule has 0 heterocycles. The molecule has 0 radical (unpaired) electrons. The summed E-state index contributed by atoms with van der Waals surface area (Å²) in [4.78, 5) is 37.4. The Hall–Kier alpha value is -2.29. The summed E-state index contributed by atoms with van der Waals surface area (Å²) < 4.78 is 30.5. The Morgan fingerprint density at radius 1 is 0.554 bits per heavy atom. The average molecular weight is 934 g/mol. The third-order valence-corrected chi connectivity index (χ3v) is 12.4. The number of phosphoric acid groups is 1. The van der Waals surface area contributed by atoms with Crippen LogP contribution in [0.3, 0.4) is 0 Å². The zero-order valence-electron chi connectivity index (χ0n) is 43.0. The number of hydrogen-bond acceptors (Lipinski definition) is 6. The van der Waals surface area contributed by atoms with Gasteiger partial charge in [0.05, 0.1) is 33.8 Å². The summed E-state index contributed by atoms with van der Waals surface area (Å²) in [6.45, 7) is 6.83. The summed E-state index contributed by atoms with van der Waals surface area (Å²) in [6.07, 6.45) is 55.0. The molecule has 3 atom stereocenters. The van der Waals surface area contributed by atoms with Crippen LogP contribution in [0.5, 0.6) is 0 Å². The van der Waals surface area contributed by atoms with Gasteiger partial charge in [0, 0.05) is 12.8 Å². The Morgan fingerprint density at radius 2 is 1.00 bits per heavy atom. The predicted octanol–water partition coefficient (Wildman–Crippen LogP) is 15.5. The number of ether oxygens (including phenoxy) is 1. The van der Waals surface area contributed by atoms with Crippen LogP contribution in [-0.2, 0) is 27.9 Å². The van der Waals surface area contributed by atoms with Crippen molar-refractivity contribution in [2.24, 2.45) is 0 Å². The number of esters is 1. The number of likely N-dealkylation sites (N-methyl/N-ethyl adjacent to an activating group) is 1. The smallest absolute Gasteiger partial charge is 0.456 e. The fourth-order valence-corrected chi connectivity index (χ4v) is 8.02. The molecule has 0 aliphatic heterocycles. The summed E-state index contributed by atoms with van der Waals surface area (Å²) in [6, 6.07) is -0.857. The summed E-state index contributed by atoms with van der Waals surface area (Å²) in [7, 11) is 1.48. The van der Waals surface area contributed by atoms with Gasteiger partial charge in [-0.15, -0.1) is 0 Å². The Bertz CT molecular complexity index is 1300. The van der Waals surface area contributed by atoms with Crippen molar-refractivity contribution in [2.75, 3.05) is 40.9 Å². The van der Waals surface area contributed by atoms with E-state index in [1.165, 1.54) is 77.0 Å². The highest BCUT2D eigenvalue weighted by Gasteiger charge is 2.30. The second kappa shape index (κ2) is 45.5. The van der Waals surface area contributed by atoms with E-state index < -0.39 is 20.0 Å². The third kappa shape index (κ3) is 46.6. The number of phosphoric ester groups is 1. The second-order valence-electron chi connectivity index (χ2n) is 19.0. The molecule has 65 heavy (non-hydrogen) atoms. The van der Waals surface area contributed by atoms with E-state index in [0.717, 1.165) is 116 Å². The summed E-state index contributed by atoms with van der Waals surface area (Å²) in [5.74, 6) is -0.534. The fourth-order valence-electron chi connectivity index (χ4n) is 7.29. The minimum absolute atomic E-state index is 0.0346. The molecule has 0 aromatic heterocycles. The van der Waals surface area contributed by atoms with Crippen LogP contribution in [0, 0.1) is 0 Å². The van der Waals surface area contributed by atoms with Crippen LogP contribution >= 0.6 is 7.82 Å². The van der Waals surface area contributed by atoms with Gasteiger partial charge in [0.25, 0.3) is 0 Å². The highest BCUT2D eigenvalue weighted by molar-refractivity contribution is 7.47. The van der Waals surface area contributed by atoms with Gasteiger partial charge in [0.1, 0.15) is 19.3 Å². The Labute approximate surface area is 401 Å². The molecule has 0 aromatic rings. The molecule has 0 saturated heterocycles. The fraction of sp³-hybridized carbons (Fsp3) is 0.782. The largest absolute Gasteiger partial charge is 0.472 e. The summed E-state index contributed by atoms with van der Waals surface area (Å²) in [5.41, 5.74) is 0. The van der Waals surface area contributed by atoms with Crippen LogP contribution in [-0.4, -0.2) is 74.3 Å². The molecule has 2 N–H and O–H groups in total. The number of nitrogens with zero attached hydrogens (tertiary/aromatic N) is 1. The number of unbranched alkanes of at least 4 members (excludes halogenated alkanes) is 23. The van der Waals surface area contributed by atoms with Crippen molar-refractivity contribution >= 4 is 19.7 Å². The van der Waals surface area contributed by atoms with E-state index in [9.17, 15) is 19.0 Å². The molecule has 0 fully saturated rings. The standard InChI is InChI=1S/C55H101N2O7P/c1-7-10-13-16-19-22-25-27-28-29-30-33-35-38-41-44-47-54(58)56-52(51-63-65(60,61)62-50-49-57(4,5)6)53(46-43-40-37-34-32-26-23-20-17-14-11-8-2)64-55(59)48-45-42-39-36-31-24-21-18-15-12-9-3/h10,13,18-19,21-22,27-28,43,46,52-53H,7-9,11-12,14-17,20,23-26,29-42,44-45,47-51H2,1-6H3,(H-,56,58,60,61)/p+1/b13-10+,21-18-,22-19+,28-27+,46-43-. The lowest BCUT2D eigenvalue weighted by atomic mass is 10.0. The predicted molar refractivity (Wildman–Crippen MR) is 277 cm³/mol. The van der Waals surface area contributed by atoms with Gasteiger partial charge in [-0.3, -0.25) is 18.6 Å². The first kappa shape index (κ1) is 62.7. The lowest BCUT2D eigenvalue weighted by Crippen LogP contribution is -2.47. The van der Waals surface area contributed by atoms with Crippen molar-refractivity contribution in [3.8, 4) is 0 Å². The maximum absolute atomic E-state index is 13.4. The third-order valence-electron chi connectivity index (χ3n) is 11.4. The number of rotatable bonds is 47. The van der Waals surface area contributed by atoms with Gasteiger partial charge in [0.15, 0.2) is 0 Å². The van der Waals surface area contributed by atoms with E-state index in [0.29, 0.717) is 17.4 Å². The van der Waals surface area contributed by atoms with Crippen LogP contribution in [0.2, 0.25) is 0 Å². The van der Waals surface area contributed by atoms with E-state index in [1.807, 2.05) is 33.3 Å². The quantitative estimate of drug-likeness (QED) is 0.0206. The first-order chi connectivity index (χ1) is 31.4. The second-order valence-corrected chi connectivity index (χ2v) is 20.5. The first-order valence-electron chi connectivity index (χ1n) is 26.6. The minimum atomic E-state index is -4.44. The van der Waals surface area contributed by atoms with E-state index in [4.69, 9.17) is 13.8 Å². The lowest BCUT2D eigenvalue weighted by molar-refractivity contribution is -0.870. The van der Waals surface area contributed by atoms with Crippen LogP contribution in [0.4, 0.5) is 0 Å². The number of amides is 1. The van der Waals surface area contributed by atoms with Gasteiger partial charge in [-0.25, -0.2) is 4.57 Å². The number of quaternary nitrogens is 1. The number of allylic oxidation sites excluding steroid dienone is 9. The van der Waals surface area contributed by atoms with E-state index in [1.54, 1.807) is 0 Å². The molecule has 0 bridgehead atoms. The Balaban J connectivity index is 5.42. The van der Waals surface area contributed by atoms with Crippen molar-refractivity contribution in [3.05, 3.63) is 60.8 Å². The molecule has 10 heteroatoms. The molecule has 9 nitrogen and oxygen atoms in total. The number of carbonyl (C=O) groups excluding carboxylic acids is 2. The van der Waals surface area contributed by atoms with Gasteiger partial charge in [-0.1, -0.05) is 191 Å². The van der Waals surface area contributed by atoms with Gasteiger partial charge < -0.3 is 19.4 Å². The van der Waals surface area contributed by atoms with E-state index in [2.05, 4.69) is 74.7 Å². The topological polar surface area (TPSA) is 111 Å². The SMILES string of the molecule is CC/C=C/C/C=C/C/C=C/CCCCCCCCC(=O)NC(COP(=O)(O)OCC[N+](C)(C)C)C(/C=C\CCCCCCCCCCCC)OC(=O)CCCCCCC/C=C\CCCC. The Kier molecular flexibility index (Phi) is 43.9. The van der Waals surface area contributed by atoms with Gasteiger partial charge in [-0.05, 0) is 83.1 Å². The number of nitrogens with one attached hydrogen (secondary N) is 1. The zero-order chi connectivity index (χ0) is 48.0. The lowest BCUT2D eigenvalue weighted by Gasteiger charge is -2.27. The Morgan fingerprint density at radius 3 is 1.54 bits per heavy atom. The average Bonchev–Trinajstić information content (AvgIpc) is 3.26. The van der Waals surface area contributed by atoms with Crippen LogP contribution in [0.25, 0.3) is 0 Å². The molecule has 0 saturated carbocycles. The monoisotopic (exact) mass is 934 g/mol. The molecule has 3 unspecified atom stereocenters. The van der Waals surface area contributed by atoms with Gasteiger partial charge in [0.2, 0.25) is 5.91 Å². The molecule has 0 aliphatic rings. The van der Waals surface area contributed by atoms with Crippen LogP contribution in [0.1, 0.15) is 226 Å². The van der Waals surface area contributed by atoms with Crippen molar-refractivity contribution in [1.29, 1.82) is 0 Å².